The first-order chi connectivity index (χ1) is 8.89. The predicted molar refractivity (Wildman–Crippen MR) is 73.6 cm³/mol. The van der Waals surface area contributed by atoms with Crippen LogP contribution in [0.3, 0.4) is 0 Å². The molecule has 1 aliphatic rings. The highest BCUT2D eigenvalue weighted by Crippen LogP contribution is 2.32. The van der Waals surface area contributed by atoms with Crippen LogP contribution in [-0.4, -0.2) is 21.4 Å². The van der Waals surface area contributed by atoms with Crippen LogP contribution in [0.1, 0.15) is 19.4 Å². The van der Waals surface area contributed by atoms with Gasteiger partial charge in [0.2, 0.25) is 5.88 Å². The first-order valence-electron chi connectivity index (χ1n) is 6.39. The molecule has 0 radical (unpaired) electrons. The number of aliphatic hydroxyl groups is 1. The molecule has 1 aromatic heterocycles. The van der Waals surface area contributed by atoms with Gasteiger partial charge in [-0.05, 0) is 26.0 Å². The molecule has 0 saturated carbocycles. The topological polar surface area (TPSA) is 51.5 Å². The number of para-hydroxylation sites is 1. The summed E-state index contributed by atoms with van der Waals surface area (Å²) in [7, 11) is 1.88. The van der Waals surface area contributed by atoms with Crippen molar-refractivity contribution in [2.45, 2.75) is 32.0 Å². The van der Waals surface area contributed by atoms with E-state index in [2.05, 4.69) is 0 Å². The second-order valence-electron chi connectivity index (χ2n) is 5.65. The molecule has 100 valence electrons. The van der Waals surface area contributed by atoms with Gasteiger partial charge in [-0.25, -0.2) is 0 Å². The van der Waals surface area contributed by atoms with Crippen LogP contribution in [0.2, 0.25) is 0 Å². The zero-order valence-electron chi connectivity index (χ0n) is 11.3. The van der Waals surface area contributed by atoms with Crippen molar-refractivity contribution in [2.75, 3.05) is 0 Å². The molecular weight excluding hydrogens is 242 g/mol. The van der Waals surface area contributed by atoms with Crippen molar-refractivity contribution in [2.24, 2.45) is 7.05 Å². The van der Waals surface area contributed by atoms with Gasteiger partial charge < -0.3 is 14.4 Å². The molecule has 0 fully saturated rings. The molecule has 0 saturated heterocycles. The van der Waals surface area contributed by atoms with Crippen LogP contribution < -0.4 is 10.2 Å². The summed E-state index contributed by atoms with van der Waals surface area (Å²) in [5, 5.41) is 10.8. The Bertz CT molecular complexity index is 710. The normalized spacial score (nSPS) is 18.4. The second kappa shape index (κ2) is 3.84. The average molecular weight is 259 g/mol. The molecule has 0 amide bonds. The van der Waals surface area contributed by atoms with Gasteiger partial charge in [-0.2, -0.15) is 0 Å². The maximum atomic E-state index is 12.5. The molecule has 2 aromatic rings. The molecule has 3 rings (SSSR count). The molecule has 4 nitrogen and oxygen atoms in total. The number of aromatic nitrogens is 1. The smallest absolute Gasteiger partial charge is 0.201 e. The van der Waals surface area contributed by atoms with Crippen molar-refractivity contribution >= 4 is 10.9 Å². The number of fused-ring (bicyclic) bond motifs is 2. The summed E-state index contributed by atoms with van der Waals surface area (Å²) in [6.45, 7) is 3.40. The van der Waals surface area contributed by atoms with Crippen LogP contribution in [0.15, 0.2) is 29.1 Å². The Labute approximate surface area is 111 Å². The van der Waals surface area contributed by atoms with Crippen LogP contribution in [0.25, 0.3) is 10.9 Å². The van der Waals surface area contributed by atoms with Gasteiger partial charge in [-0.3, -0.25) is 4.79 Å². The molecule has 0 spiro atoms. The van der Waals surface area contributed by atoms with E-state index in [0.29, 0.717) is 23.3 Å². The minimum atomic E-state index is -0.968. The lowest BCUT2D eigenvalue weighted by molar-refractivity contribution is -0.0252. The van der Waals surface area contributed by atoms with Gasteiger partial charge in [-0.15, -0.1) is 0 Å². The number of hydrogen-bond donors (Lipinski definition) is 1. The molecule has 1 aromatic carbocycles. The van der Waals surface area contributed by atoms with Crippen LogP contribution in [-0.2, 0) is 13.5 Å². The summed E-state index contributed by atoms with van der Waals surface area (Å²) in [5.41, 5.74) is 0.552. The van der Waals surface area contributed by atoms with Gasteiger partial charge >= 0.3 is 0 Å². The van der Waals surface area contributed by atoms with E-state index in [1.165, 1.54) is 0 Å². The fraction of sp³-hybridized carbons (Fsp3) is 0.400. The van der Waals surface area contributed by atoms with Gasteiger partial charge in [0, 0.05) is 18.9 Å². The zero-order chi connectivity index (χ0) is 13.8. The molecule has 1 atom stereocenters. The molecule has 1 N–H and O–H groups in total. The van der Waals surface area contributed by atoms with Crippen molar-refractivity contribution < 1.29 is 9.84 Å². The predicted octanol–water partition coefficient (Wildman–Crippen LogP) is 1.61. The van der Waals surface area contributed by atoms with E-state index >= 15 is 0 Å². The van der Waals surface area contributed by atoms with E-state index in [4.69, 9.17) is 4.74 Å². The SMILES string of the molecule is Cn1c2c(c(=O)c3ccccc31)C[C@H](C(C)(C)O)O2. The number of nitrogens with zero attached hydrogens (tertiary/aromatic N) is 1. The Morgan fingerprint density at radius 1 is 1.37 bits per heavy atom. The monoisotopic (exact) mass is 259 g/mol. The van der Waals surface area contributed by atoms with Gasteiger partial charge in [0.05, 0.1) is 16.7 Å². The molecule has 1 aliphatic heterocycles. The number of benzene rings is 1. The summed E-state index contributed by atoms with van der Waals surface area (Å²) in [6.07, 6.45) is 0.0780. The molecule has 2 heterocycles. The molecule has 4 heteroatoms. The van der Waals surface area contributed by atoms with Crippen molar-refractivity contribution in [1.82, 2.24) is 4.57 Å². The minimum Gasteiger partial charge on any atom is -0.472 e. The number of ether oxygens (including phenoxy) is 1. The average Bonchev–Trinajstić information content (AvgIpc) is 2.81. The van der Waals surface area contributed by atoms with Crippen molar-refractivity contribution in [3.63, 3.8) is 0 Å². The Kier molecular flexibility index (Phi) is 2.47. The maximum Gasteiger partial charge on any atom is 0.201 e. The summed E-state index contributed by atoms with van der Waals surface area (Å²) >= 11 is 0. The number of aryl methyl sites for hydroxylation is 1. The molecule has 0 unspecified atom stereocenters. The standard InChI is InChI=1S/C15H17NO3/c1-15(2,18)12-8-10-13(17)9-6-4-5-7-11(9)16(3)14(10)19-12/h4-7,12,18H,8H2,1-3H3/t12-/m1/s1. The Balaban J connectivity index is 2.26. The maximum absolute atomic E-state index is 12.5. The summed E-state index contributed by atoms with van der Waals surface area (Å²) in [4.78, 5) is 12.5. The third-order valence-electron chi connectivity index (χ3n) is 3.78. The first kappa shape index (κ1) is 12.2. The lowest BCUT2D eigenvalue weighted by Gasteiger charge is -2.24. The highest BCUT2D eigenvalue weighted by Gasteiger charge is 2.37. The van der Waals surface area contributed by atoms with Gasteiger partial charge in [0.1, 0.15) is 6.10 Å². The Hall–Kier alpha value is -1.81. The fourth-order valence-corrected chi connectivity index (χ4v) is 2.62. The van der Waals surface area contributed by atoms with Gasteiger partial charge in [0.25, 0.3) is 0 Å². The van der Waals surface area contributed by atoms with Crippen molar-refractivity contribution in [3.8, 4) is 5.88 Å². The van der Waals surface area contributed by atoms with E-state index < -0.39 is 5.60 Å². The Morgan fingerprint density at radius 3 is 2.74 bits per heavy atom. The molecule has 0 aliphatic carbocycles. The highest BCUT2D eigenvalue weighted by molar-refractivity contribution is 5.81. The van der Waals surface area contributed by atoms with Crippen LogP contribution in [0, 0.1) is 0 Å². The van der Waals surface area contributed by atoms with Crippen LogP contribution in [0.4, 0.5) is 0 Å². The third kappa shape index (κ3) is 1.75. The van der Waals surface area contributed by atoms with E-state index in [9.17, 15) is 9.90 Å². The summed E-state index contributed by atoms with van der Waals surface area (Å²) in [5.74, 6) is 0.579. The second-order valence-corrected chi connectivity index (χ2v) is 5.65. The lowest BCUT2D eigenvalue weighted by atomic mass is 9.97. The third-order valence-corrected chi connectivity index (χ3v) is 3.78. The first-order valence-corrected chi connectivity index (χ1v) is 6.39. The summed E-state index contributed by atoms with van der Waals surface area (Å²) < 4.78 is 7.69. The van der Waals surface area contributed by atoms with Gasteiger partial charge in [-0.1, -0.05) is 12.1 Å². The molecule has 0 bridgehead atoms. The Morgan fingerprint density at radius 2 is 2.05 bits per heavy atom. The molecule has 19 heavy (non-hydrogen) atoms. The highest BCUT2D eigenvalue weighted by atomic mass is 16.5. The van der Waals surface area contributed by atoms with Gasteiger partial charge in [0.15, 0.2) is 5.43 Å². The van der Waals surface area contributed by atoms with Crippen LogP contribution in [0.5, 0.6) is 5.88 Å². The summed E-state index contributed by atoms with van der Waals surface area (Å²) in [6, 6.07) is 7.49. The fourth-order valence-electron chi connectivity index (χ4n) is 2.62. The largest absolute Gasteiger partial charge is 0.472 e. The number of pyridine rings is 1. The van der Waals surface area contributed by atoms with E-state index in [0.717, 1.165) is 5.52 Å². The van der Waals surface area contributed by atoms with Crippen molar-refractivity contribution in [3.05, 3.63) is 40.1 Å². The minimum absolute atomic E-state index is 0.00968. The van der Waals surface area contributed by atoms with E-state index in [-0.39, 0.29) is 11.5 Å². The van der Waals surface area contributed by atoms with E-state index in [1.807, 2.05) is 35.9 Å². The quantitative estimate of drug-likeness (QED) is 0.846. The molecular formula is C15H17NO3. The lowest BCUT2D eigenvalue weighted by Crippen LogP contribution is -2.39. The number of rotatable bonds is 1. The zero-order valence-corrected chi connectivity index (χ0v) is 11.3. The van der Waals surface area contributed by atoms with E-state index in [1.54, 1.807) is 13.8 Å². The van der Waals surface area contributed by atoms with Crippen molar-refractivity contribution in [1.29, 1.82) is 0 Å². The number of hydrogen-bond acceptors (Lipinski definition) is 3. The van der Waals surface area contributed by atoms with Crippen LogP contribution >= 0.6 is 0 Å².